The number of aliphatic imine (C=N–C) groups is 1. The van der Waals surface area contributed by atoms with E-state index in [4.69, 9.17) is 24.3 Å². The Labute approximate surface area is 276 Å². The van der Waals surface area contributed by atoms with Gasteiger partial charge in [-0.25, -0.2) is 13.4 Å². The molecule has 47 heavy (non-hydrogen) atoms. The second kappa shape index (κ2) is 15.8. The molecule has 1 heterocycles. The van der Waals surface area contributed by atoms with Crippen LogP contribution in [0, 0.1) is 0 Å². The zero-order valence-corrected chi connectivity index (χ0v) is 27.2. The van der Waals surface area contributed by atoms with E-state index in [1.54, 1.807) is 54.6 Å². The molecule has 2 N–H and O–H groups in total. The number of carbonyl (C=O) groups is 1. The fourth-order valence-electron chi connectivity index (χ4n) is 5.50. The molecule has 0 radical (unpaired) electrons. The number of carbonyl (C=O) groups excluding carboxylic acids is 1. The fraction of sp³-hybridized carbons (Fsp3) is 0.297. The van der Waals surface area contributed by atoms with Gasteiger partial charge in [0.25, 0.3) is 5.91 Å². The maximum absolute atomic E-state index is 14.4. The molecular weight excluding hydrogens is 616 g/mol. The molecule has 1 aliphatic rings. The first-order valence-corrected chi connectivity index (χ1v) is 17.4. The zero-order chi connectivity index (χ0) is 33.1. The van der Waals surface area contributed by atoms with Crippen molar-refractivity contribution in [2.75, 3.05) is 32.1 Å². The minimum Gasteiger partial charge on any atom is -0.494 e. The van der Waals surface area contributed by atoms with E-state index in [0.29, 0.717) is 42.9 Å². The number of nitrogens with one attached hydrogen (secondary N) is 1. The summed E-state index contributed by atoms with van der Waals surface area (Å²) in [6.45, 7) is 3.13. The first-order chi connectivity index (χ1) is 22.9. The molecule has 0 saturated heterocycles. The normalized spacial score (nSPS) is 17.4. The van der Waals surface area contributed by atoms with Crippen LogP contribution in [-0.4, -0.2) is 63.0 Å². The maximum atomic E-state index is 14.4. The average molecular weight is 657 g/mol. The molecule has 9 nitrogen and oxygen atoms in total. The van der Waals surface area contributed by atoms with Gasteiger partial charge in [0.1, 0.15) is 11.5 Å². The number of ether oxygens (including phenoxy) is 3. The topological polar surface area (TPSA) is 124 Å². The van der Waals surface area contributed by atoms with Crippen molar-refractivity contribution in [3.63, 3.8) is 0 Å². The lowest BCUT2D eigenvalue weighted by molar-refractivity contribution is -0.129. The minimum atomic E-state index is -3.75. The van der Waals surface area contributed by atoms with E-state index in [-0.39, 0.29) is 36.1 Å². The van der Waals surface area contributed by atoms with Gasteiger partial charge in [-0.2, -0.15) is 0 Å². The quantitative estimate of drug-likeness (QED) is 0.156. The van der Waals surface area contributed by atoms with Crippen LogP contribution < -0.4 is 14.8 Å². The Morgan fingerprint density at radius 2 is 1.60 bits per heavy atom. The van der Waals surface area contributed by atoms with Crippen LogP contribution in [0.5, 0.6) is 11.5 Å². The molecule has 0 unspecified atom stereocenters. The molecule has 0 saturated carbocycles. The largest absolute Gasteiger partial charge is 0.494 e. The third-order valence-corrected chi connectivity index (χ3v) is 9.67. The zero-order valence-electron chi connectivity index (χ0n) is 26.4. The van der Waals surface area contributed by atoms with E-state index in [0.717, 1.165) is 11.3 Å². The first-order valence-electron chi connectivity index (χ1n) is 15.8. The number of hydrogen-bond acceptors (Lipinski definition) is 8. The lowest BCUT2D eigenvalue weighted by Crippen LogP contribution is -2.49. The molecule has 2 atom stereocenters. The standard InChI is InChI=1S/C37H40N2O7S/c1-2-44-33-17-10-9-12-28(33)22-24-38-36(41)37(23-27-47(42,43)32-15-7-4-8-16-32)34(29-13-5-3-6-14-29)46-35(39-37)30-18-20-31(21-19-30)45-26-11-25-40/h3-10,12-21,34,40H,2,11,22-27H2,1H3,(H,38,41)/t34-,37-/m1/s1. The van der Waals surface area contributed by atoms with E-state index < -0.39 is 27.4 Å². The first kappa shape index (κ1) is 33.7. The number of amides is 1. The predicted octanol–water partition coefficient (Wildman–Crippen LogP) is 5.33. The number of aliphatic hydroxyl groups excluding tert-OH is 1. The molecule has 4 aromatic rings. The number of hydrogen-bond donors (Lipinski definition) is 2. The summed E-state index contributed by atoms with van der Waals surface area (Å²) in [6.07, 6.45) is 0.0142. The van der Waals surface area contributed by atoms with Gasteiger partial charge in [0, 0.05) is 31.6 Å². The van der Waals surface area contributed by atoms with E-state index in [1.807, 2.05) is 61.5 Å². The van der Waals surface area contributed by atoms with Crippen molar-refractivity contribution in [1.82, 2.24) is 5.32 Å². The van der Waals surface area contributed by atoms with Crippen molar-refractivity contribution in [1.29, 1.82) is 0 Å². The Morgan fingerprint density at radius 1 is 0.915 bits per heavy atom. The molecule has 0 fully saturated rings. The highest BCUT2D eigenvalue weighted by Gasteiger charge is 2.53. The van der Waals surface area contributed by atoms with Crippen molar-refractivity contribution < 1.29 is 32.5 Å². The summed E-state index contributed by atoms with van der Waals surface area (Å²) in [5.74, 6) is 0.852. The van der Waals surface area contributed by atoms with Gasteiger partial charge < -0.3 is 24.6 Å². The minimum absolute atomic E-state index is 0.0345. The van der Waals surface area contributed by atoms with Crippen LogP contribution in [-0.2, 0) is 25.8 Å². The number of rotatable bonds is 16. The number of aliphatic hydroxyl groups is 1. The summed E-state index contributed by atoms with van der Waals surface area (Å²) in [5, 5.41) is 12.1. The lowest BCUT2D eigenvalue weighted by atomic mass is 9.85. The molecule has 0 aromatic heterocycles. The van der Waals surface area contributed by atoms with Crippen LogP contribution in [0.2, 0.25) is 0 Å². The second-order valence-corrected chi connectivity index (χ2v) is 13.2. The summed E-state index contributed by atoms with van der Waals surface area (Å²) in [4.78, 5) is 19.5. The highest BCUT2D eigenvalue weighted by molar-refractivity contribution is 7.91. The molecule has 1 aliphatic heterocycles. The monoisotopic (exact) mass is 656 g/mol. The maximum Gasteiger partial charge on any atom is 0.252 e. The lowest BCUT2D eigenvalue weighted by Gasteiger charge is -2.30. The van der Waals surface area contributed by atoms with Crippen molar-refractivity contribution in [2.45, 2.75) is 42.7 Å². The van der Waals surface area contributed by atoms with Gasteiger partial charge in [-0.15, -0.1) is 0 Å². The molecule has 1 amide bonds. The van der Waals surface area contributed by atoms with Gasteiger partial charge in [0.2, 0.25) is 5.90 Å². The van der Waals surface area contributed by atoms with Crippen molar-refractivity contribution in [3.8, 4) is 11.5 Å². The molecule has 10 heteroatoms. The van der Waals surface area contributed by atoms with Gasteiger partial charge in [-0.1, -0.05) is 66.7 Å². The number of benzene rings is 4. The van der Waals surface area contributed by atoms with Crippen LogP contribution in [0.25, 0.3) is 0 Å². The van der Waals surface area contributed by atoms with E-state index in [2.05, 4.69) is 5.32 Å². The van der Waals surface area contributed by atoms with E-state index in [9.17, 15) is 13.2 Å². The van der Waals surface area contributed by atoms with Crippen LogP contribution >= 0.6 is 0 Å². The van der Waals surface area contributed by atoms with Gasteiger partial charge in [-0.3, -0.25) is 4.79 Å². The molecular formula is C37H40N2O7S. The number of sulfone groups is 1. The summed E-state index contributed by atoms with van der Waals surface area (Å²) < 4.78 is 45.0. The molecule has 0 bridgehead atoms. The third-order valence-electron chi connectivity index (χ3n) is 7.94. The summed E-state index contributed by atoms with van der Waals surface area (Å²) in [6, 6.07) is 32.3. The smallest absolute Gasteiger partial charge is 0.252 e. The summed E-state index contributed by atoms with van der Waals surface area (Å²) in [7, 11) is -3.75. The van der Waals surface area contributed by atoms with Crippen molar-refractivity contribution >= 4 is 21.6 Å². The highest BCUT2D eigenvalue weighted by Crippen LogP contribution is 2.43. The van der Waals surface area contributed by atoms with Crippen LogP contribution in [0.3, 0.4) is 0 Å². The molecule has 0 aliphatic carbocycles. The number of para-hydroxylation sites is 1. The van der Waals surface area contributed by atoms with Gasteiger partial charge >= 0.3 is 0 Å². The average Bonchev–Trinajstić information content (AvgIpc) is 3.50. The fourth-order valence-corrected chi connectivity index (χ4v) is 6.89. The molecule has 4 aromatic carbocycles. The van der Waals surface area contributed by atoms with E-state index in [1.165, 1.54) is 0 Å². The van der Waals surface area contributed by atoms with Crippen LogP contribution in [0.4, 0.5) is 0 Å². The molecule has 246 valence electrons. The molecule has 0 spiro atoms. The van der Waals surface area contributed by atoms with Gasteiger partial charge in [0.05, 0.1) is 23.9 Å². The van der Waals surface area contributed by atoms with Crippen molar-refractivity contribution in [2.24, 2.45) is 4.99 Å². The third kappa shape index (κ3) is 8.19. The Balaban J connectivity index is 1.49. The summed E-state index contributed by atoms with van der Waals surface area (Å²) >= 11 is 0. The molecule has 5 rings (SSSR count). The Kier molecular flexibility index (Phi) is 11.3. The highest BCUT2D eigenvalue weighted by atomic mass is 32.2. The van der Waals surface area contributed by atoms with Crippen LogP contribution in [0.1, 0.15) is 42.6 Å². The van der Waals surface area contributed by atoms with Crippen LogP contribution in [0.15, 0.2) is 119 Å². The van der Waals surface area contributed by atoms with Gasteiger partial charge in [-0.05, 0) is 66.9 Å². The van der Waals surface area contributed by atoms with E-state index >= 15 is 0 Å². The number of nitrogens with zero attached hydrogens (tertiary/aromatic N) is 1. The van der Waals surface area contributed by atoms with Gasteiger partial charge in [0.15, 0.2) is 21.5 Å². The van der Waals surface area contributed by atoms with Crippen molar-refractivity contribution in [3.05, 3.63) is 126 Å². The predicted molar refractivity (Wildman–Crippen MR) is 181 cm³/mol. The second-order valence-electron chi connectivity index (χ2n) is 11.1. The SMILES string of the molecule is CCOc1ccccc1CCNC(=O)[C@]1(CCS(=O)(=O)c2ccccc2)N=C(c2ccc(OCCCO)cc2)O[C@@H]1c1ccccc1. The summed E-state index contributed by atoms with van der Waals surface area (Å²) in [5.41, 5.74) is 0.674. The Hall–Kier alpha value is -4.67. The Bertz CT molecular complexity index is 1750. The Morgan fingerprint density at radius 3 is 2.30 bits per heavy atom.